The van der Waals surface area contributed by atoms with E-state index in [9.17, 15) is 18.4 Å². The van der Waals surface area contributed by atoms with Gasteiger partial charge in [0.25, 0.3) is 5.91 Å². The van der Waals surface area contributed by atoms with Gasteiger partial charge < -0.3 is 15.1 Å². The molecule has 0 radical (unpaired) electrons. The number of halogens is 2. The van der Waals surface area contributed by atoms with Crippen LogP contribution in [-0.2, 0) is 6.42 Å². The first-order valence-corrected chi connectivity index (χ1v) is 12.1. The zero-order chi connectivity index (χ0) is 26.8. The van der Waals surface area contributed by atoms with E-state index in [1.54, 1.807) is 47.4 Å². The smallest absolute Gasteiger partial charge is 0.258 e. The molecule has 1 aliphatic carbocycles. The van der Waals surface area contributed by atoms with Gasteiger partial charge in [-0.25, -0.2) is 8.78 Å². The lowest BCUT2D eigenvalue weighted by Crippen LogP contribution is -2.30. The van der Waals surface area contributed by atoms with Crippen LogP contribution in [0.5, 0.6) is 0 Å². The zero-order valence-electron chi connectivity index (χ0n) is 20.6. The fourth-order valence-electron chi connectivity index (χ4n) is 4.81. The van der Waals surface area contributed by atoms with Crippen LogP contribution in [0.3, 0.4) is 0 Å². The van der Waals surface area contributed by atoms with E-state index in [0.717, 1.165) is 16.7 Å². The highest BCUT2D eigenvalue weighted by atomic mass is 19.1. The van der Waals surface area contributed by atoms with Crippen molar-refractivity contribution >= 4 is 17.5 Å². The number of fused-ring (bicyclic) bond motifs is 1. The molecule has 1 heterocycles. The molecule has 2 N–H and O–H groups in total. The van der Waals surface area contributed by atoms with Crippen LogP contribution in [0.15, 0.2) is 95.8 Å². The molecule has 0 fully saturated rings. The minimum atomic E-state index is -0.608. The Morgan fingerprint density at radius 3 is 2.08 bits per heavy atom. The predicted molar refractivity (Wildman–Crippen MR) is 142 cm³/mol. The van der Waals surface area contributed by atoms with Crippen LogP contribution < -0.4 is 10.6 Å². The lowest BCUT2D eigenvalue weighted by Gasteiger charge is -2.21. The highest BCUT2D eigenvalue weighted by molar-refractivity contribution is 6.10. The minimum absolute atomic E-state index is 0.200. The molecule has 7 heteroatoms. The van der Waals surface area contributed by atoms with E-state index in [1.165, 1.54) is 36.8 Å². The number of nitrogens with zero attached hydrogens (tertiary/aromatic N) is 1. The van der Waals surface area contributed by atoms with Crippen molar-refractivity contribution in [2.45, 2.75) is 13.3 Å². The molecule has 190 valence electrons. The molecule has 0 saturated carbocycles. The van der Waals surface area contributed by atoms with E-state index in [-0.39, 0.29) is 17.5 Å². The van der Waals surface area contributed by atoms with Crippen molar-refractivity contribution in [1.29, 1.82) is 0 Å². The second kappa shape index (κ2) is 10.3. The summed E-state index contributed by atoms with van der Waals surface area (Å²) in [5, 5.41) is 0. The predicted octanol–water partition coefficient (Wildman–Crippen LogP) is 6.69. The molecule has 0 saturated heterocycles. The highest BCUT2D eigenvalue weighted by Gasteiger charge is 2.28. The summed E-state index contributed by atoms with van der Waals surface area (Å²) in [6.07, 6.45) is 3.45. The van der Waals surface area contributed by atoms with Crippen molar-refractivity contribution in [2.24, 2.45) is 5.73 Å². The van der Waals surface area contributed by atoms with E-state index in [4.69, 9.17) is 10.2 Å². The number of carbonyl (C=O) groups is 2. The van der Waals surface area contributed by atoms with Gasteiger partial charge in [0.1, 0.15) is 11.6 Å². The second-order valence-corrected chi connectivity index (χ2v) is 8.88. The van der Waals surface area contributed by atoms with Crippen LogP contribution in [0.4, 0.5) is 14.5 Å². The van der Waals surface area contributed by atoms with Gasteiger partial charge in [0, 0.05) is 23.4 Å². The third-order valence-electron chi connectivity index (χ3n) is 6.60. The van der Waals surface area contributed by atoms with Gasteiger partial charge in [0.15, 0.2) is 0 Å². The van der Waals surface area contributed by atoms with Crippen molar-refractivity contribution in [3.63, 3.8) is 0 Å². The number of anilines is 1. The number of rotatable bonds is 7. The fourth-order valence-corrected chi connectivity index (χ4v) is 4.81. The highest BCUT2D eigenvalue weighted by Crippen LogP contribution is 2.43. The molecule has 2 amide bonds. The molecule has 0 spiro atoms. The number of primary amides is 1. The van der Waals surface area contributed by atoms with Crippen LogP contribution in [-0.4, -0.2) is 18.4 Å². The average Bonchev–Trinajstić information content (AvgIpc) is 3.25. The number of nitrogens with two attached hydrogens (primary N) is 1. The van der Waals surface area contributed by atoms with Crippen molar-refractivity contribution < 1.29 is 22.8 Å². The molecule has 5 rings (SSSR count). The summed E-state index contributed by atoms with van der Waals surface area (Å²) in [5.41, 5.74) is 11.6. The molecule has 0 atom stereocenters. The van der Waals surface area contributed by atoms with E-state index < -0.39 is 5.91 Å². The van der Waals surface area contributed by atoms with Gasteiger partial charge in [-0.05, 0) is 95.8 Å². The van der Waals surface area contributed by atoms with E-state index in [0.29, 0.717) is 46.5 Å². The first kappa shape index (κ1) is 24.9. The largest absolute Gasteiger partial charge is 0.472 e. The first-order valence-electron chi connectivity index (χ1n) is 12.1. The maximum absolute atomic E-state index is 13.7. The number of benzene rings is 3. The summed E-state index contributed by atoms with van der Waals surface area (Å²) in [5.74, 6) is -1.56. The standard InChI is InChI=1S/C31H24F2N2O3/c1-2-35(24-13-11-23(33)12-14-24)31(37)21-5-3-19(4-6-21)17-26-25-15-16-38-18-27(25)29(30(34)36)28(26)20-7-9-22(32)10-8-20/h3-16,18H,2,17H2,1H3,(H2,34,36). The van der Waals surface area contributed by atoms with Gasteiger partial charge in [0.2, 0.25) is 5.91 Å². The summed E-state index contributed by atoms with van der Waals surface area (Å²) in [4.78, 5) is 27.3. The Labute approximate surface area is 218 Å². The molecular formula is C31H24F2N2O3. The average molecular weight is 511 g/mol. The molecule has 3 aromatic rings. The second-order valence-electron chi connectivity index (χ2n) is 8.88. The summed E-state index contributed by atoms with van der Waals surface area (Å²) >= 11 is 0. The maximum atomic E-state index is 13.7. The maximum Gasteiger partial charge on any atom is 0.258 e. The number of hydrogen-bond acceptors (Lipinski definition) is 3. The molecular weight excluding hydrogens is 486 g/mol. The van der Waals surface area contributed by atoms with Crippen molar-refractivity contribution in [2.75, 3.05) is 11.4 Å². The van der Waals surface area contributed by atoms with Gasteiger partial charge in [-0.2, -0.15) is 0 Å². The Morgan fingerprint density at radius 2 is 1.47 bits per heavy atom. The van der Waals surface area contributed by atoms with Crippen LogP contribution >= 0.6 is 0 Å². The Hall–Kier alpha value is -4.78. The molecule has 3 aromatic carbocycles. The molecule has 5 nitrogen and oxygen atoms in total. The van der Waals surface area contributed by atoms with Crippen LogP contribution in [0.25, 0.3) is 22.3 Å². The van der Waals surface area contributed by atoms with Crippen LogP contribution in [0, 0.1) is 11.6 Å². The van der Waals surface area contributed by atoms with Gasteiger partial charge >= 0.3 is 0 Å². The van der Waals surface area contributed by atoms with Crippen molar-refractivity contribution in [3.05, 3.63) is 125 Å². The Kier molecular flexibility index (Phi) is 6.75. The zero-order valence-corrected chi connectivity index (χ0v) is 20.6. The molecule has 0 aromatic heterocycles. The SMILES string of the molecule is CCN(C(=O)c1ccc(Cc2c3ccocc-3c(C(N)=O)c2-c2ccc(F)cc2)cc1)c1ccc(F)cc1. The summed E-state index contributed by atoms with van der Waals surface area (Å²) in [6.45, 7) is 2.28. The number of hydrogen-bond donors (Lipinski definition) is 1. The normalized spacial score (nSPS) is 11.0. The lowest BCUT2D eigenvalue weighted by molar-refractivity contribution is 0.0984. The third-order valence-corrected chi connectivity index (χ3v) is 6.60. The monoisotopic (exact) mass is 510 g/mol. The molecule has 0 bridgehead atoms. The molecule has 0 unspecified atom stereocenters. The lowest BCUT2D eigenvalue weighted by atomic mass is 9.95. The van der Waals surface area contributed by atoms with Gasteiger partial charge in [-0.15, -0.1) is 0 Å². The van der Waals surface area contributed by atoms with Crippen LogP contribution in [0.2, 0.25) is 0 Å². The molecule has 38 heavy (non-hydrogen) atoms. The quantitative estimate of drug-likeness (QED) is 0.265. The third kappa shape index (κ3) is 4.66. The van der Waals surface area contributed by atoms with Crippen LogP contribution in [0.1, 0.15) is 38.8 Å². The van der Waals surface area contributed by atoms with Crippen molar-refractivity contribution in [1.82, 2.24) is 0 Å². The van der Waals surface area contributed by atoms with E-state index in [2.05, 4.69) is 0 Å². The van der Waals surface area contributed by atoms with Gasteiger partial charge in [-0.1, -0.05) is 24.3 Å². The van der Waals surface area contributed by atoms with E-state index >= 15 is 0 Å². The van der Waals surface area contributed by atoms with E-state index in [1.807, 2.05) is 19.1 Å². The van der Waals surface area contributed by atoms with Crippen molar-refractivity contribution in [3.8, 4) is 22.3 Å². The molecule has 1 aliphatic heterocycles. The minimum Gasteiger partial charge on any atom is -0.472 e. The molecule has 2 aliphatic rings. The summed E-state index contributed by atoms with van der Waals surface area (Å²) in [6, 6.07) is 20.7. The first-order chi connectivity index (χ1) is 18.4. The summed E-state index contributed by atoms with van der Waals surface area (Å²) < 4.78 is 32.4. The Bertz CT molecular complexity index is 1570. The Morgan fingerprint density at radius 1 is 0.842 bits per heavy atom. The summed E-state index contributed by atoms with van der Waals surface area (Å²) in [7, 11) is 0. The van der Waals surface area contributed by atoms with Gasteiger partial charge in [0.05, 0.1) is 18.1 Å². The van der Waals surface area contributed by atoms with Gasteiger partial charge in [-0.3, -0.25) is 9.59 Å². The Balaban J connectivity index is 1.51. The topological polar surface area (TPSA) is 76.5 Å². The number of carbonyl (C=O) groups excluding carboxylic acids is 2. The number of amides is 2. The fraction of sp³-hybridized carbons (Fsp3) is 0.0968.